The Balaban J connectivity index is 1.71. The number of likely N-dealkylation sites (tertiary alicyclic amines) is 1. The van der Waals surface area contributed by atoms with Crippen molar-refractivity contribution in [2.45, 2.75) is 56.2 Å². The summed E-state index contributed by atoms with van der Waals surface area (Å²) < 4.78 is 3.84. The third kappa shape index (κ3) is 3.48. The number of fused-ring (bicyclic) bond motifs is 2. The molecular weight excluding hydrogens is 476 g/mol. The molecule has 2 amide bonds. The second-order valence-electron chi connectivity index (χ2n) is 10.9. The SMILES string of the molecule is Cc1ccc(C)c(N2CC=C[C@]34S[C@]5(C)C=CCOC(=O)[C@@H]5[C@H]3C(=O)N([C@@H](CO)C(C)C)C4C2=O)c1. The Hall–Kier alpha value is -2.58. The molecule has 0 aliphatic carbocycles. The Morgan fingerprint density at radius 3 is 2.56 bits per heavy atom. The number of carbonyl (C=O) groups excluding carboxylic acids is 3. The number of nitrogens with zero attached hydrogens (tertiary/aromatic N) is 2. The first-order valence-electron chi connectivity index (χ1n) is 12.6. The minimum Gasteiger partial charge on any atom is -0.461 e. The summed E-state index contributed by atoms with van der Waals surface area (Å²) in [5, 5.41) is 10.4. The molecule has 1 aromatic carbocycles. The smallest absolute Gasteiger partial charge is 0.311 e. The van der Waals surface area contributed by atoms with Crippen molar-refractivity contribution in [3.8, 4) is 0 Å². The molecule has 6 atom stereocenters. The molecule has 7 nitrogen and oxygen atoms in total. The Bertz CT molecular complexity index is 1180. The average Bonchev–Trinajstić information content (AvgIpc) is 3.07. The first-order valence-corrected chi connectivity index (χ1v) is 13.4. The van der Waals surface area contributed by atoms with Gasteiger partial charge in [0.2, 0.25) is 5.91 Å². The molecule has 192 valence electrons. The van der Waals surface area contributed by atoms with Gasteiger partial charge in [0.1, 0.15) is 12.6 Å². The van der Waals surface area contributed by atoms with Crippen LogP contribution >= 0.6 is 11.8 Å². The van der Waals surface area contributed by atoms with E-state index in [9.17, 15) is 19.5 Å². The molecule has 0 aromatic heterocycles. The van der Waals surface area contributed by atoms with Crippen molar-refractivity contribution in [1.29, 1.82) is 0 Å². The fraction of sp³-hybridized carbons (Fsp3) is 0.536. The topological polar surface area (TPSA) is 87.2 Å². The van der Waals surface area contributed by atoms with Crippen molar-refractivity contribution in [2.24, 2.45) is 17.8 Å². The van der Waals surface area contributed by atoms with Gasteiger partial charge in [-0.15, -0.1) is 11.8 Å². The molecule has 1 unspecified atom stereocenters. The number of esters is 1. The normalized spacial score (nSPS) is 34.3. The quantitative estimate of drug-likeness (QED) is 0.495. The number of carbonyl (C=O) groups is 3. The lowest BCUT2D eigenvalue weighted by atomic mass is 9.75. The number of cyclic esters (lactones) is 1. The summed E-state index contributed by atoms with van der Waals surface area (Å²) in [6, 6.07) is 4.60. The Morgan fingerprint density at radius 2 is 1.86 bits per heavy atom. The van der Waals surface area contributed by atoms with E-state index in [2.05, 4.69) is 0 Å². The highest BCUT2D eigenvalue weighted by molar-refractivity contribution is 8.02. The molecule has 4 aliphatic heterocycles. The number of rotatable bonds is 4. The lowest BCUT2D eigenvalue weighted by Gasteiger charge is -2.41. The minimum atomic E-state index is -0.955. The van der Waals surface area contributed by atoms with Gasteiger partial charge in [-0.1, -0.05) is 44.2 Å². The summed E-state index contributed by atoms with van der Waals surface area (Å²) >= 11 is 1.52. The van der Waals surface area contributed by atoms with E-state index in [1.165, 1.54) is 11.8 Å². The molecular formula is C28H34N2O5S. The van der Waals surface area contributed by atoms with Crippen LogP contribution in [-0.4, -0.2) is 69.1 Å². The van der Waals surface area contributed by atoms with Crippen LogP contribution in [-0.2, 0) is 19.1 Å². The third-order valence-electron chi connectivity index (χ3n) is 8.22. The predicted molar refractivity (Wildman–Crippen MR) is 140 cm³/mol. The molecule has 8 heteroatoms. The molecule has 5 rings (SSSR count). The summed E-state index contributed by atoms with van der Waals surface area (Å²) in [5.74, 6) is -2.43. The molecule has 2 saturated heterocycles. The van der Waals surface area contributed by atoms with E-state index in [1.807, 2.05) is 77.1 Å². The average molecular weight is 511 g/mol. The molecule has 0 bridgehead atoms. The van der Waals surface area contributed by atoms with Gasteiger partial charge < -0.3 is 19.6 Å². The lowest BCUT2D eigenvalue weighted by molar-refractivity contribution is -0.153. The third-order valence-corrected chi connectivity index (χ3v) is 10.0. The van der Waals surface area contributed by atoms with Crippen LogP contribution in [0, 0.1) is 31.6 Å². The van der Waals surface area contributed by atoms with Gasteiger partial charge in [0.15, 0.2) is 0 Å². The highest BCUT2D eigenvalue weighted by atomic mass is 32.2. The van der Waals surface area contributed by atoms with Gasteiger partial charge in [-0.2, -0.15) is 0 Å². The molecule has 4 aliphatic rings. The van der Waals surface area contributed by atoms with Gasteiger partial charge in [0.05, 0.1) is 29.2 Å². The zero-order valence-electron chi connectivity index (χ0n) is 21.4. The van der Waals surface area contributed by atoms with Crippen LogP contribution in [0.4, 0.5) is 5.69 Å². The molecule has 2 fully saturated rings. The second-order valence-corrected chi connectivity index (χ2v) is 12.7. The fourth-order valence-electron chi connectivity index (χ4n) is 6.50. The van der Waals surface area contributed by atoms with Crippen molar-refractivity contribution >= 4 is 35.2 Å². The van der Waals surface area contributed by atoms with Gasteiger partial charge >= 0.3 is 5.97 Å². The van der Waals surface area contributed by atoms with E-state index < -0.39 is 39.4 Å². The maximum atomic E-state index is 14.5. The number of anilines is 1. The number of aryl methyl sites for hydroxylation is 2. The number of aliphatic hydroxyl groups excluding tert-OH is 1. The van der Waals surface area contributed by atoms with Gasteiger partial charge in [-0.05, 0) is 50.0 Å². The maximum Gasteiger partial charge on any atom is 0.311 e. The number of aliphatic hydroxyl groups is 1. The first-order chi connectivity index (χ1) is 17.1. The van der Waals surface area contributed by atoms with Gasteiger partial charge in [0, 0.05) is 17.0 Å². The minimum absolute atomic E-state index is 0.0821. The van der Waals surface area contributed by atoms with Crippen molar-refractivity contribution in [3.63, 3.8) is 0 Å². The lowest BCUT2D eigenvalue weighted by Crippen LogP contribution is -2.58. The summed E-state index contributed by atoms with van der Waals surface area (Å²) in [7, 11) is 0. The molecule has 1 spiro atoms. The van der Waals surface area contributed by atoms with Crippen LogP contribution in [0.25, 0.3) is 0 Å². The summed E-state index contributed by atoms with van der Waals surface area (Å²) in [6.45, 7) is 10.1. The van der Waals surface area contributed by atoms with Crippen molar-refractivity contribution in [2.75, 3.05) is 24.7 Å². The van der Waals surface area contributed by atoms with Crippen LogP contribution in [0.5, 0.6) is 0 Å². The number of hydrogen-bond donors (Lipinski definition) is 1. The van der Waals surface area contributed by atoms with Gasteiger partial charge in [-0.25, -0.2) is 0 Å². The molecule has 1 N–H and O–H groups in total. The molecule has 0 radical (unpaired) electrons. The van der Waals surface area contributed by atoms with Crippen LogP contribution < -0.4 is 4.90 Å². The molecule has 4 heterocycles. The number of hydrogen-bond acceptors (Lipinski definition) is 6. The van der Waals surface area contributed by atoms with Crippen molar-refractivity contribution < 1.29 is 24.2 Å². The maximum absolute atomic E-state index is 14.5. The molecule has 1 aromatic rings. The highest BCUT2D eigenvalue weighted by Gasteiger charge is 2.74. The van der Waals surface area contributed by atoms with Crippen LogP contribution in [0.1, 0.15) is 31.9 Å². The summed E-state index contributed by atoms with van der Waals surface area (Å²) in [6.07, 6.45) is 7.74. The van der Waals surface area contributed by atoms with Crippen LogP contribution in [0.2, 0.25) is 0 Å². The molecule has 0 saturated carbocycles. The Kier molecular flexibility index (Phi) is 6.11. The second kappa shape index (κ2) is 8.77. The summed E-state index contributed by atoms with van der Waals surface area (Å²) in [5.41, 5.74) is 2.82. The van der Waals surface area contributed by atoms with Crippen LogP contribution in [0.15, 0.2) is 42.5 Å². The van der Waals surface area contributed by atoms with Crippen LogP contribution in [0.3, 0.4) is 0 Å². The predicted octanol–water partition coefficient (Wildman–Crippen LogP) is 3.02. The standard InChI is InChI=1S/C28H34N2O5S/c1-16(2)20(15-31)30-23-25(33)29(19-14-17(3)8-9-18(19)4)12-6-11-28(23)21(24(30)32)22-26(34)35-13-7-10-27(22,5)36-28/h6-11,14,16,20-23,31H,12-13,15H2,1-5H3/t20-,21-,22-,23?,27+,28-/m0/s1. The fourth-order valence-corrected chi connectivity index (χ4v) is 8.64. The van der Waals surface area contributed by atoms with E-state index in [-0.39, 0.29) is 30.9 Å². The van der Waals surface area contributed by atoms with E-state index in [4.69, 9.17) is 4.74 Å². The van der Waals surface area contributed by atoms with E-state index >= 15 is 0 Å². The van der Waals surface area contributed by atoms with Crippen molar-refractivity contribution in [3.05, 3.63) is 53.6 Å². The number of benzene rings is 1. The zero-order valence-corrected chi connectivity index (χ0v) is 22.2. The summed E-state index contributed by atoms with van der Waals surface area (Å²) in [4.78, 5) is 45.5. The number of ether oxygens (including phenoxy) is 1. The largest absolute Gasteiger partial charge is 0.461 e. The van der Waals surface area contributed by atoms with E-state index in [0.29, 0.717) is 6.54 Å². The van der Waals surface area contributed by atoms with Gasteiger partial charge in [-0.3, -0.25) is 14.4 Å². The molecule has 36 heavy (non-hydrogen) atoms. The zero-order chi connectivity index (χ0) is 26.0. The van der Waals surface area contributed by atoms with E-state index in [1.54, 1.807) is 9.80 Å². The Morgan fingerprint density at radius 1 is 1.11 bits per heavy atom. The monoisotopic (exact) mass is 510 g/mol. The van der Waals surface area contributed by atoms with E-state index in [0.717, 1.165) is 16.8 Å². The Labute approximate surface area is 216 Å². The number of amides is 2. The highest BCUT2D eigenvalue weighted by Crippen LogP contribution is 2.65. The van der Waals surface area contributed by atoms with Crippen molar-refractivity contribution in [1.82, 2.24) is 4.90 Å². The number of thioether (sulfide) groups is 1. The van der Waals surface area contributed by atoms with Gasteiger partial charge in [0.25, 0.3) is 5.91 Å². The first kappa shape index (κ1) is 25.1.